The molecule has 16 heavy (non-hydrogen) atoms. The summed E-state index contributed by atoms with van der Waals surface area (Å²) < 4.78 is 0. The van der Waals surface area contributed by atoms with E-state index in [1.54, 1.807) is 11.8 Å². The predicted molar refractivity (Wildman–Crippen MR) is 65.4 cm³/mol. The fourth-order valence-corrected chi connectivity index (χ4v) is 2.85. The third kappa shape index (κ3) is 2.21. The Hall–Kier alpha value is -1.03. The SMILES string of the molecule is CSc1ncccc1C1CCCCN1C=O. The van der Waals surface area contributed by atoms with Gasteiger partial charge in [-0.15, -0.1) is 11.8 Å². The third-order valence-corrected chi connectivity index (χ3v) is 3.76. The van der Waals surface area contributed by atoms with E-state index in [0.717, 1.165) is 30.8 Å². The molecule has 86 valence electrons. The maximum absolute atomic E-state index is 11.0. The highest BCUT2D eigenvalue weighted by Gasteiger charge is 2.24. The van der Waals surface area contributed by atoms with Crippen molar-refractivity contribution in [3.63, 3.8) is 0 Å². The van der Waals surface area contributed by atoms with Gasteiger partial charge in [0.05, 0.1) is 6.04 Å². The number of hydrogen-bond acceptors (Lipinski definition) is 3. The lowest BCUT2D eigenvalue weighted by atomic mass is 9.97. The van der Waals surface area contributed by atoms with Crippen LogP contribution in [0.2, 0.25) is 0 Å². The number of thioether (sulfide) groups is 1. The van der Waals surface area contributed by atoms with Gasteiger partial charge in [0.1, 0.15) is 5.03 Å². The first-order chi connectivity index (χ1) is 7.86. The van der Waals surface area contributed by atoms with Crippen LogP contribution < -0.4 is 0 Å². The summed E-state index contributed by atoms with van der Waals surface area (Å²) in [7, 11) is 0. The van der Waals surface area contributed by atoms with E-state index >= 15 is 0 Å². The average molecular weight is 236 g/mol. The second-order valence-electron chi connectivity index (χ2n) is 3.96. The minimum absolute atomic E-state index is 0.224. The second kappa shape index (κ2) is 5.34. The Bertz CT molecular complexity index is 370. The molecule has 1 fully saturated rings. The van der Waals surface area contributed by atoms with Crippen molar-refractivity contribution in [2.24, 2.45) is 0 Å². The molecule has 0 bridgehead atoms. The van der Waals surface area contributed by atoms with Gasteiger partial charge in [-0.1, -0.05) is 6.07 Å². The van der Waals surface area contributed by atoms with Crippen molar-refractivity contribution in [2.75, 3.05) is 12.8 Å². The van der Waals surface area contributed by atoms with Crippen LogP contribution in [0.4, 0.5) is 0 Å². The number of amides is 1. The van der Waals surface area contributed by atoms with Crippen molar-refractivity contribution in [3.8, 4) is 0 Å². The predicted octanol–water partition coefficient (Wildman–Crippen LogP) is 2.49. The van der Waals surface area contributed by atoms with Crippen LogP contribution in [-0.4, -0.2) is 29.1 Å². The van der Waals surface area contributed by atoms with Crippen LogP contribution in [0, 0.1) is 0 Å². The molecule has 0 N–H and O–H groups in total. The zero-order valence-corrected chi connectivity index (χ0v) is 10.2. The van der Waals surface area contributed by atoms with E-state index in [1.807, 2.05) is 23.4 Å². The van der Waals surface area contributed by atoms with Crippen LogP contribution in [0.25, 0.3) is 0 Å². The number of rotatable bonds is 3. The second-order valence-corrected chi connectivity index (χ2v) is 4.75. The first-order valence-electron chi connectivity index (χ1n) is 5.56. The van der Waals surface area contributed by atoms with E-state index in [9.17, 15) is 4.79 Å². The molecule has 2 heterocycles. The van der Waals surface area contributed by atoms with Gasteiger partial charge in [0.15, 0.2) is 0 Å². The molecule has 0 aliphatic carbocycles. The largest absolute Gasteiger partial charge is 0.338 e. The summed E-state index contributed by atoms with van der Waals surface area (Å²) in [6.45, 7) is 0.872. The normalized spacial score (nSPS) is 20.8. The van der Waals surface area contributed by atoms with E-state index in [-0.39, 0.29) is 6.04 Å². The van der Waals surface area contributed by atoms with Gasteiger partial charge in [-0.25, -0.2) is 4.98 Å². The lowest BCUT2D eigenvalue weighted by Crippen LogP contribution is -2.32. The van der Waals surface area contributed by atoms with Gasteiger partial charge < -0.3 is 4.90 Å². The van der Waals surface area contributed by atoms with Crippen LogP contribution in [0.3, 0.4) is 0 Å². The molecule has 0 saturated carbocycles. The van der Waals surface area contributed by atoms with Gasteiger partial charge in [0.25, 0.3) is 0 Å². The molecule has 0 spiro atoms. The number of piperidine rings is 1. The van der Waals surface area contributed by atoms with Gasteiger partial charge >= 0.3 is 0 Å². The van der Waals surface area contributed by atoms with Gasteiger partial charge in [-0.3, -0.25) is 4.79 Å². The summed E-state index contributed by atoms with van der Waals surface area (Å²) in [6, 6.07) is 4.26. The zero-order valence-electron chi connectivity index (χ0n) is 9.43. The van der Waals surface area contributed by atoms with E-state index in [0.29, 0.717) is 0 Å². The maximum atomic E-state index is 11.0. The summed E-state index contributed by atoms with van der Waals surface area (Å²) in [6.07, 6.45) is 8.17. The lowest BCUT2D eigenvalue weighted by molar-refractivity contribution is -0.121. The molecule has 2 rings (SSSR count). The first-order valence-corrected chi connectivity index (χ1v) is 6.79. The molecular formula is C12H16N2OS. The fraction of sp³-hybridized carbons (Fsp3) is 0.500. The molecule has 3 nitrogen and oxygen atoms in total. The van der Waals surface area contributed by atoms with Crippen molar-refractivity contribution in [1.82, 2.24) is 9.88 Å². The highest BCUT2D eigenvalue weighted by molar-refractivity contribution is 7.98. The molecule has 1 unspecified atom stereocenters. The Balaban J connectivity index is 2.30. The molecule has 1 saturated heterocycles. The average Bonchev–Trinajstić information content (AvgIpc) is 2.38. The van der Waals surface area contributed by atoms with Gasteiger partial charge in [0, 0.05) is 18.3 Å². The number of hydrogen-bond donors (Lipinski definition) is 0. The Kier molecular flexibility index (Phi) is 3.83. The molecule has 1 aliphatic heterocycles. The maximum Gasteiger partial charge on any atom is 0.210 e. The minimum Gasteiger partial charge on any atom is -0.338 e. The molecular weight excluding hydrogens is 220 g/mol. The first kappa shape index (κ1) is 11.5. The van der Waals surface area contributed by atoms with Crippen LogP contribution in [-0.2, 0) is 4.79 Å². The number of aromatic nitrogens is 1. The standard InChI is InChI=1S/C12H16N2OS/c1-16-12-10(5-4-7-13-12)11-6-2-3-8-14(11)9-15/h4-5,7,9,11H,2-3,6,8H2,1H3. The van der Waals surface area contributed by atoms with E-state index < -0.39 is 0 Å². The summed E-state index contributed by atoms with van der Waals surface area (Å²) in [4.78, 5) is 17.3. The molecule has 1 amide bonds. The number of carbonyl (C=O) groups is 1. The van der Waals surface area contributed by atoms with Crippen molar-refractivity contribution in [2.45, 2.75) is 30.3 Å². The van der Waals surface area contributed by atoms with Gasteiger partial charge in [-0.2, -0.15) is 0 Å². The third-order valence-electron chi connectivity index (χ3n) is 3.03. The van der Waals surface area contributed by atoms with Crippen LogP contribution in [0.15, 0.2) is 23.4 Å². The molecule has 1 aromatic rings. The topological polar surface area (TPSA) is 33.2 Å². The van der Waals surface area contributed by atoms with Gasteiger partial charge in [-0.05, 0) is 31.6 Å². The molecule has 0 aromatic carbocycles. The lowest BCUT2D eigenvalue weighted by Gasteiger charge is -2.33. The van der Waals surface area contributed by atoms with E-state index in [4.69, 9.17) is 0 Å². The van der Waals surface area contributed by atoms with Crippen LogP contribution in [0.5, 0.6) is 0 Å². The monoisotopic (exact) mass is 236 g/mol. The van der Waals surface area contributed by atoms with Crippen LogP contribution in [0.1, 0.15) is 30.9 Å². The van der Waals surface area contributed by atoms with Crippen molar-refractivity contribution in [1.29, 1.82) is 0 Å². The summed E-state index contributed by atoms with van der Waals surface area (Å²) >= 11 is 1.65. The summed E-state index contributed by atoms with van der Waals surface area (Å²) in [5.74, 6) is 0. The molecule has 4 heteroatoms. The number of nitrogens with zero attached hydrogens (tertiary/aromatic N) is 2. The Morgan fingerprint density at radius 1 is 1.56 bits per heavy atom. The summed E-state index contributed by atoms with van der Waals surface area (Å²) in [5.41, 5.74) is 1.20. The molecule has 0 radical (unpaired) electrons. The quantitative estimate of drug-likeness (QED) is 0.597. The van der Waals surface area contributed by atoms with Gasteiger partial charge in [0.2, 0.25) is 6.41 Å². The molecule has 1 atom stereocenters. The highest BCUT2D eigenvalue weighted by atomic mass is 32.2. The zero-order chi connectivity index (χ0) is 11.4. The Morgan fingerprint density at radius 3 is 3.19 bits per heavy atom. The minimum atomic E-state index is 0.224. The molecule has 1 aromatic heterocycles. The fourth-order valence-electron chi connectivity index (χ4n) is 2.24. The Labute approximate surface area is 100 Å². The highest BCUT2D eigenvalue weighted by Crippen LogP contribution is 2.33. The van der Waals surface area contributed by atoms with Crippen molar-refractivity contribution < 1.29 is 4.79 Å². The smallest absolute Gasteiger partial charge is 0.210 e. The van der Waals surface area contributed by atoms with Crippen molar-refractivity contribution >= 4 is 18.2 Å². The number of likely N-dealkylation sites (tertiary alicyclic amines) is 1. The van der Waals surface area contributed by atoms with E-state index in [1.165, 1.54) is 12.0 Å². The van der Waals surface area contributed by atoms with Crippen LogP contribution >= 0.6 is 11.8 Å². The molecule has 1 aliphatic rings. The van der Waals surface area contributed by atoms with E-state index in [2.05, 4.69) is 11.1 Å². The number of pyridine rings is 1. The summed E-state index contributed by atoms with van der Waals surface area (Å²) in [5, 5.41) is 1.04. The number of carbonyl (C=O) groups excluding carboxylic acids is 1. The van der Waals surface area contributed by atoms with Crippen molar-refractivity contribution in [3.05, 3.63) is 23.9 Å². The Morgan fingerprint density at radius 2 is 2.44 bits per heavy atom.